The van der Waals surface area contributed by atoms with E-state index in [2.05, 4.69) is 6.58 Å². The van der Waals surface area contributed by atoms with Gasteiger partial charge in [-0.3, -0.25) is 4.90 Å². The van der Waals surface area contributed by atoms with E-state index in [1.54, 1.807) is 12.0 Å². The number of likely N-dealkylation sites (tertiary alicyclic amines) is 1. The van der Waals surface area contributed by atoms with E-state index >= 15 is 0 Å². The van der Waals surface area contributed by atoms with Crippen molar-refractivity contribution in [3.63, 3.8) is 0 Å². The molecule has 7 heteroatoms. The molecule has 0 N–H and O–H groups in total. The smallest absolute Gasteiger partial charge is 0.445 e. The molecule has 1 unspecified atom stereocenters. The van der Waals surface area contributed by atoms with E-state index in [-0.39, 0.29) is 64.0 Å². The Morgan fingerprint density at radius 1 is 1.50 bits per heavy atom. The third-order valence-electron chi connectivity index (χ3n) is 2.69. The minimum atomic E-state index is -4.90. The Morgan fingerprint density at radius 3 is 2.62 bits per heavy atom. The molecule has 0 aromatic rings. The van der Waals surface area contributed by atoms with Crippen LogP contribution in [0.2, 0.25) is 0 Å². The Bertz CT molecular complexity index is 237. The van der Waals surface area contributed by atoms with Crippen molar-refractivity contribution >= 4 is 6.98 Å². The normalized spacial score (nSPS) is 22.6. The summed E-state index contributed by atoms with van der Waals surface area (Å²) in [4.78, 5) is 1.76. The van der Waals surface area contributed by atoms with Crippen molar-refractivity contribution in [1.82, 2.24) is 4.90 Å². The Morgan fingerprint density at radius 2 is 2.12 bits per heavy atom. The van der Waals surface area contributed by atoms with Crippen LogP contribution in [-0.2, 0) is 4.74 Å². The summed E-state index contributed by atoms with van der Waals surface area (Å²) in [6, 6.07) is 0. The van der Waals surface area contributed by atoms with Crippen molar-refractivity contribution in [1.29, 1.82) is 0 Å². The van der Waals surface area contributed by atoms with Gasteiger partial charge in [0.1, 0.15) is 0 Å². The van der Waals surface area contributed by atoms with Crippen molar-refractivity contribution in [2.24, 2.45) is 0 Å². The summed E-state index contributed by atoms with van der Waals surface area (Å²) in [5, 5.41) is 0. The molecule has 0 bridgehead atoms. The first kappa shape index (κ1) is 17.2. The van der Waals surface area contributed by atoms with Gasteiger partial charge in [0.25, 0.3) is 0 Å². The second-order valence-electron chi connectivity index (χ2n) is 3.97. The minimum absolute atomic E-state index is 0. The second kappa shape index (κ2) is 7.56. The predicted molar refractivity (Wildman–Crippen MR) is 54.7 cm³/mol. The SMILES string of the molecule is C=C(CN1CCCC(OC)C1)[B-](F)(F)F.[K+]. The van der Waals surface area contributed by atoms with Crippen LogP contribution < -0.4 is 51.4 Å². The molecule has 0 amide bonds. The van der Waals surface area contributed by atoms with Gasteiger partial charge in [-0.2, -0.15) is 0 Å². The van der Waals surface area contributed by atoms with Crippen LogP contribution in [0.5, 0.6) is 0 Å². The first-order valence-corrected chi connectivity index (χ1v) is 5.06. The van der Waals surface area contributed by atoms with Crippen molar-refractivity contribution in [3.8, 4) is 0 Å². The summed E-state index contributed by atoms with van der Waals surface area (Å²) in [5.74, 6) is 0. The van der Waals surface area contributed by atoms with Crippen molar-refractivity contribution in [2.45, 2.75) is 18.9 Å². The number of piperidine rings is 1. The van der Waals surface area contributed by atoms with Gasteiger partial charge in [0.05, 0.1) is 6.10 Å². The molecule has 1 heterocycles. The van der Waals surface area contributed by atoms with Crippen molar-refractivity contribution in [2.75, 3.05) is 26.7 Å². The van der Waals surface area contributed by atoms with Crippen LogP contribution in [0.3, 0.4) is 0 Å². The number of ether oxygens (including phenoxy) is 1. The van der Waals surface area contributed by atoms with Gasteiger partial charge in [0.15, 0.2) is 0 Å². The van der Waals surface area contributed by atoms with E-state index in [1.165, 1.54) is 0 Å². The molecule has 88 valence electrons. The van der Waals surface area contributed by atoms with Crippen LogP contribution in [0.4, 0.5) is 12.9 Å². The Labute approximate surface area is 137 Å². The van der Waals surface area contributed by atoms with Crippen molar-refractivity contribution in [3.05, 3.63) is 12.1 Å². The van der Waals surface area contributed by atoms with E-state index in [4.69, 9.17) is 4.74 Å². The molecular weight excluding hydrogens is 245 g/mol. The van der Waals surface area contributed by atoms with E-state index in [0.717, 1.165) is 12.8 Å². The first-order valence-electron chi connectivity index (χ1n) is 5.06. The van der Waals surface area contributed by atoms with Gasteiger partial charge < -0.3 is 17.7 Å². The summed E-state index contributed by atoms with van der Waals surface area (Å²) >= 11 is 0. The summed E-state index contributed by atoms with van der Waals surface area (Å²) in [7, 11) is 1.59. The Kier molecular flexibility index (Phi) is 8.10. The van der Waals surface area contributed by atoms with Gasteiger partial charge in [-0.15, -0.1) is 12.1 Å². The molecule has 0 aliphatic carbocycles. The maximum atomic E-state index is 12.3. The van der Waals surface area contributed by atoms with Gasteiger partial charge in [-0.25, -0.2) is 0 Å². The average Bonchev–Trinajstić information content (AvgIpc) is 2.16. The van der Waals surface area contributed by atoms with E-state index in [9.17, 15) is 12.9 Å². The predicted octanol–water partition coefficient (Wildman–Crippen LogP) is -0.956. The van der Waals surface area contributed by atoms with E-state index < -0.39 is 12.4 Å². The molecule has 2 nitrogen and oxygen atoms in total. The molecule has 0 spiro atoms. The molecule has 1 aliphatic heterocycles. The van der Waals surface area contributed by atoms with Crippen LogP contribution in [0.1, 0.15) is 12.8 Å². The van der Waals surface area contributed by atoms with Gasteiger partial charge in [-0.05, 0) is 25.9 Å². The zero-order valence-corrected chi connectivity index (χ0v) is 13.0. The van der Waals surface area contributed by atoms with Gasteiger partial charge in [-0.1, -0.05) is 0 Å². The molecule has 1 atom stereocenters. The number of hydrogen-bond donors (Lipinski definition) is 0. The standard InChI is InChI=1S/C9H16BF3NO.K/c1-8(10(11,12)13)6-14-5-3-4-9(7-14)15-2;/h9H,1,3-7H2,2H3;/q-1;+1. The molecule has 1 aliphatic rings. The zero-order chi connectivity index (χ0) is 11.5. The third kappa shape index (κ3) is 5.66. The van der Waals surface area contributed by atoms with Crippen LogP contribution in [0.25, 0.3) is 0 Å². The monoisotopic (exact) mass is 261 g/mol. The summed E-state index contributed by atoms with van der Waals surface area (Å²) in [5.41, 5.74) is -0.619. The number of methoxy groups -OCH3 is 1. The largest absolute Gasteiger partial charge is 1.00 e. The molecule has 1 fully saturated rings. The van der Waals surface area contributed by atoms with Gasteiger partial charge in [0.2, 0.25) is 0 Å². The molecule has 1 rings (SSSR count). The maximum absolute atomic E-state index is 12.3. The molecule has 0 aromatic carbocycles. The molecule has 0 aromatic heterocycles. The topological polar surface area (TPSA) is 12.5 Å². The van der Waals surface area contributed by atoms with Crippen molar-refractivity contribution < 1.29 is 69.1 Å². The molecular formula is C9H16BF3KNO. The Hall–Kier alpha value is 1.15. The fourth-order valence-corrected chi connectivity index (χ4v) is 1.74. The van der Waals surface area contributed by atoms with Gasteiger partial charge >= 0.3 is 58.4 Å². The third-order valence-corrected chi connectivity index (χ3v) is 2.69. The molecule has 0 saturated carbocycles. The molecule has 16 heavy (non-hydrogen) atoms. The van der Waals surface area contributed by atoms with Crippen LogP contribution in [0.15, 0.2) is 12.1 Å². The number of rotatable bonds is 4. The average molecular weight is 261 g/mol. The maximum Gasteiger partial charge on any atom is 1.00 e. The van der Waals surface area contributed by atoms with E-state index in [0.29, 0.717) is 13.1 Å². The number of hydrogen-bond acceptors (Lipinski definition) is 2. The zero-order valence-electron chi connectivity index (χ0n) is 9.89. The molecule has 1 saturated heterocycles. The second-order valence-corrected chi connectivity index (χ2v) is 3.97. The molecule has 0 radical (unpaired) electrons. The summed E-state index contributed by atoms with van der Waals surface area (Å²) in [6.45, 7) is -0.615. The van der Waals surface area contributed by atoms with Gasteiger partial charge in [0, 0.05) is 13.7 Å². The number of nitrogens with zero attached hydrogens (tertiary/aromatic N) is 1. The summed E-state index contributed by atoms with van der Waals surface area (Å²) < 4.78 is 42.0. The van der Waals surface area contributed by atoms with Crippen LogP contribution in [0, 0.1) is 0 Å². The van der Waals surface area contributed by atoms with E-state index in [1.807, 2.05) is 0 Å². The quantitative estimate of drug-likeness (QED) is 0.605. The Balaban J connectivity index is 0.00000225. The van der Waals surface area contributed by atoms with Crippen LogP contribution in [-0.4, -0.2) is 44.7 Å². The first-order chi connectivity index (χ1) is 6.93. The minimum Gasteiger partial charge on any atom is -0.445 e. The summed E-state index contributed by atoms with van der Waals surface area (Å²) in [6.07, 6.45) is 1.88. The van der Waals surface area contributed by atoms with Crippen LogP contribution >= 0.6 is 0 Å². The fraction of sp³-hybridized carbons (Fsp3) is 0.778. The number of halogens is 3. The fourth-order valence-electron chi connectivity index (χ4n) is 1.74.